The number of benzene rings is 1. The maximum absolute atomic E-state index is 12.1. The van der Waals surface area contributed by atoms with Gasteiger partial charge in [0.05, 0.1) is 0 Å². The van der Waals surface area contributed by atoms with Gasteiger partial charge in [-0.25, -0.2) is 9.97 Å². The van der Waals surface area contributed by atoms with Crippen LogP contribution in [0.4, 0.5) is 5.69 Å². The van der Waals surface area contributed by atoms with Crippen LogP contribution < -0.4 is 10.6 Å². The lowest BCUT2D eigenvalue weighted by Gasteiger charge is -2.14. The molecule has 1 aromatic heterocycles. The summed E-state index contributed by atoms with van der Waals surface area (Å²) in [6, 6.07) is 7.70. The molecular formula is C16H20N4OS. The van der Waals surface area contributed by atoms with Crippen molar-refractivity contribution in [3.05, 3.63) is 42.2 Å². The van der Waals surface area contributed by atoms with Crippen molar-refractivity contribution in [2.24, 2.45) is 5.92 Å². The maximum atomic E-state index is 12.1. The van der Waals surface area contributed by atoms with E-state index < -0.39 is 0 Å². The van der Waals surface area contributed by atoms with Crippen LogP contribution in [-0.4, -0.2) is 29.5 Å². The molecular weight excluding hydrogens is 296 g/mol. The predicted molar refractivity (Wildman–Crippen MR) is 89.1 cm³/mol. The molecule has 0 bridgehead atoms. The van der Waals surface area contributed by atoms with Gasteiger partial charge >= 0.3 is 0 Å². The summed E-state index contributed by atoms with van der Waals surface area (Å²) in [5.41, 5.74) is 1.86. The summed E-state index contributed by atoms with van der Waals surface area (Å²) in [5.74, 6) is -0.0552. The summed E-state index contributed by atoms with van der Waals surface area (Å²) in [7, 11) is 1.84. The molecule has 1 amide bonds. The zero-order chi connectivity index (χ0) is 15.9. The van der Waals surface area contributed by atoms with Gasteiger partial charge in [-0.2, -0.15) is 0 Å². The van der Waals surface area contributed by atoms with Gasteiger partial charge in [-0.1, -0.05) is 6.92 Å². The molecule has 0 spiro atoms. The Balaban J connectivity index is 2.05. The lowest BCUT2D eigenvalue weighted by atomic mass is 10.1. The van der Waals surface area contributed by atoms with Crippen LogP contribution in [0.3, 0.4) is 0 Å². The lowest BCUT2D eigenvalue weighted by Crippen LogP contribution is -2.28. The third kappa shape index (κ3) is 4.54. The summed E-state index contributed by atoms with van der Waals surface area (Å²) in [6.07, 6.45) is 3.44. The van der Waals surface area contributed by atoms with Gasteiger partial charge in [0, 0.05) is 35.4 Å². The zero-order valence-corrected chi connectivity index (χ0v) is 13.8. The summed E-state index contributed by atoms with van der Waals surface area (Å²) in [5, 5.41) is 6.68. The van der Waals surface area contributed by atoms with E-state index in [1.165, 1.54) is 11.8 Å². The minimum Gasteiger partial charge on any atom is -0.326 e. The van der Waals surface area contributed by atoms with Gasteiger partial charge in [0.15, 0.2) is 5.16 Å². The van der Waals surface area contributed by atoms with Crippen molar-refractivity contribution in [3.8, 4) is 0 Å². The van der Waals surface area contributed by atoms with E-state index >= 15 is 0 Å². The lowest BCUT2D eigenvalue weighted by molar-refractivity contribution is -0.119. The molecule has 1 heterocycles. The second-order valence-corrected chi connectivity index (χ2v) is 6.10. The van der Waals surface area contributed by atoms with Crippen molar-refractivity contribution in [2.45, 2.75) is 23.9 Å². The van der Waals surface area contributed by atoms with E-state index in [0.717, 1.165) is 16.1 Å². The minimum absolute atomic E-state index is 0.0178. The first-order valence-electron chi connectivity index (χ1n) is 7.11. The van der Waals surface area contributed by atoms with Crippen molar-refractivity contribution >= 4 is 23.4 Å². The van der Waals surface area contributed by atoms with Crippen LogP contribution >= 0.6 is 11.8 Å². The standard InChI is InChI=1S/C16H20N4OS/c1-11-9-13(22-16-18-7-4-8-19-16)5-6-14(11)20-15(21)12(2)10-17-3/h4-9,12,17H,10H2,1-3H3,(H,20,21). The van der Waals surface area contributed by atoms with Crippen LogP contribution in [0.5, 0.6) is 0 Å². The highest BCUT2D eigenvalue weighted by Crippen LogP contribution is 2.28. The number of amides is 1. The van der Waals surface area contributed by atoms with Gasteiger partial charge in [-0.15, -0.1) is 0 Å². The van der Waals surface area contributed by atoms with E-state index in [1.807, 2.05) is 39.1 Å². The number of aromatic nitrogens is 2. The number of nitrogens with zero attached hydrogens (tertiary/aromatic N) is 2. The van der Waals surface area contributed by atoms with Crippen LogP contribution in [0.1, 0.15) is 12.5 Å². The minimum atomic E-state index is -0.0730. The van der Waals surface area contributed by atoms with E-state index in [4.69, 9.17) is 0 Å². The molecule has 0 aliphatic heterocycles. The molecule has 1 unspecified atom stereocenters. The summed E-state index contributed by atoms with van der Waals surface area (Å²) in [6.45, 7) is 4.54. The molecule has 0 fully saturated rings. The molecule has 1 aromatic carbocycles. The van der Waals surface area contributed by atoms with E-state index in [9.17, 15) is 4.79 Å². The largest absolute Gasteiger partial charge is 0.326 e. The van der Waals surface area contributed by atoms with Crippen molar-refractivity contribution in [2.75, 3.05) is 18.9 Å². The number of hydrogen-bond donors (Lipinski definition) is 2. The molecule has 0 aliphatic rings. The fourth-order valence-electron chi connectivity index (χ4n) is 1.94. The van der Waals surface area contributed by atoms with Crippen LogP contribution in [0.15, 0.2) is 46.7 Å². The Labute approximate surface area is 135 Å². The normalized spacial score (nSPS) is 12.0. The third-order valence-corrected chi connectivity index (χ3v) is 4.05. The van der Waals surface area contributed by atoms with E-state index in [1.54, 1.807) is 18.5 Å². The van der Waals surface area contributed by atoms with E-state index in [-0.39, 0.29) is 11.8 Å². The molecule has 6 heteroatoms. The van der Waals surface area contributed by atoms with Gasteiger partial charge in [0.1, 0.15) is 0 Å². The Morgan fingerprint density at radius 2 is 2.05 bits per heavy atom. The number of hydrogen-bond acceptors (Lipinski definition) is 5. The average Bonchev–Trinajstić information content (AvgIpc) is 2.51. The Bertz CT molecular complexity index is 633. The first kappa shape index (κ1) is 16.5. The molecule has 0 radical (unpaired) electrons. The van der Waals surface area contributed by atoms with Crippen LogP contribution in [0.25, 0.3) is 0 Å². The number of anilines is 1. The summed E-state index contributed by atoms with van der Waals surface area (Å²) < 4.78 is 0. The molecule has 0 aliphatic carbocycles. The Kier molecular flexibility index (Phi) is 5.91. The van der Waals surface area contributed by atoms with E-state index in [0.29, 0.717) is 11.7 Å². The number of carbonyl (C=O) groups excluding carboxylic acids is 1. The monoisotopic (exact) mass is 316 g/mol. The topological polar surface area (TPSA) is 66.9 Å². The van der Waals surface area contributed by atoms with Crippen molar-refractivity contribution in [3.63, 3.8) is 0 Å². The third-order valence-electron chi connectivity index (χ3n) is 3.16. The van der Waals surface area contributed by atoms with Gasteiger partial charge in [0.2, 0.25) is 5.91 Å². The van der Waals surface area contributed by atoms with Gasteiger partial charge < -0.3 is 10.6 Å². The molecule has 1 atom stereocenters. The molecule has 2 rings (SSSR count). The Hall–Kier alpha value is -1.92. The highest BCUT2D eigenvalue weighted by Gasteiger charge is 2.13. The first-order chi connectivity index (χ1) is 10.6. The maximum Gasteiger partial charge on any atom is 0.228 e. The Morgan fingerprint density at radius 3 is 2.68 bits per heavy atom. The predicted octanol–water partition coefficient (Wildman–Crippen LogP) is 2.73. The Morgan fingerprint density at radius 1 is 1.32 bits per heavy atom. The smallest absolute Gasteiger partial charge is 0.228 e. The zero-order valence-electron chi connectivity index (χ0n) is 13.0. The number of aryl methyl sites for hydroxylation is 1. The first-order valence-corrected chi connectivity index (χ1v) is 7.93. The van der Waals surface area contributed by atoms with Crippen molar-refractivity contribution in [1.29, 1.82) is 0 Å². The molecule has 0 saturated carbocycles. The van der Waals surface area contributed by atoms with Gasteiger partial charge in [0.25, 0.3) is 0 Å². The number of nitrogens with one attached hydrogen (secondary N) is 2. The van der Waals surface area contributed by atoms with Crippen LogP contribution in [0.2, 0.25) is 0 Å². The highest BCUT2D eigenvalue weighted by atomic mass is 32.2. The van der Waals surface area contributed by atoms with Crippen molar-refractivity contribution < 1.29 is 4.79 Å². The molecule has 2 aromatic rings. The second kappa shape index (κ2) is 7.91. The molecule has 22 heavy (non-hydrogen) atoms. The SMILES string of the molecule is CNCC(C)C(=O)Nc1ccc(Sc2ncccn2)cc1C. The second-order valence-electron chi connectivity index (χ2n) is 5.06. The molecule has 0 saturated heterocycles. The number of rotatable bonds is 6. The van der Waals surface area contributed by atoms with Gasteiger partial charge in [-0.05, 0) is 55.6 Å². The number of carbonyl (C=O) groups is 1. The average molecular weight is 316 g/mol. The van der Waals surface area contributed by atoms with Gasteiger partial charge in [-0.3, -0.25) is 4.79 Å². The van der Waals surface area contributed by atoms with E-state index in [2.05, 4.69) is 20.6 Å². The highest BCUT2D eigenvalue weighted by molar-refractivity contribution is 7.99. The van der Waals surface area contributed by atoms with Crippen LogP contribution in [-0.2, 0) is 4.79 Å². The van der Waals surface area contributed by atoms with Crippen LogP contribution in [0, 0.1) is 12.8 Å². The summed E-state index contributed by atoms with van der Waals surface area (Å²) in [4.78, 5) is 21.5. The quantitative estimate of drug-likeness (QED) is 0.802. The van der Waals surface area contributed by atoms with Crippen molar-refractivity contribution in [1.82, 2.24) is 15.3 Å². The fourth-order valence-corrected chi connectivity index (χ4v) is 2.75. The molecule has 2 N–H and O–H groups in total. The molecule has 116 valence electrons. The fraction of sp³-hybridized carbons (Fsp3) is 0.312. The molecule has 5 nitrogen and oxygen atoms in total. The summed E-state index contributed by atoms with van der Waals surface area (Å²) >= 11 is 1.50.